The summed E-state index contributed by atoms with van der Waals surface area (Å²) >= 11 is 0. The number of nitrogens with zero attached hydrogens (tertiary/aromatic N) is 4. The van der Waals surface area contributed by atoms with Crippen LogP contribution in [0.2, 0.25) is 0 Å². The van der Waals surface area contributed by atoms with Crippen molar-refractivity contribution in [1.29, 1.82) is 0 Å². The predicted octanol–water partition coefficient (Wildman–Crippen LogP) is 9.32. The van der Waals surface area contributed by atoms with Gasteiger partial charge in [0.05, 0.1) is 29.4 Å². The van der Waals surface area contributed by atoms with Gasteiger partial charge in [0.25, 0.3) is 0 Å². The molecule has 1 amide bonds. The van der Waals surface area contributed by atoms with E-state index in [1.165, 1.54) is 6.92 Å². The Bertz CT molecular complexity index is 1350. The molecule has 0 aliphatic rings. The lowest BCUT2D eigenvalue weighted by Gasteiger charge is -2.05. The minimum absolute atomic E-state index is 0.0870. The van der Waals surface area contributed by atoms with Crippen LogP contribution in [0.4, 0.5) is 28.4 Å². The average Bonchev–Trinajstić information content (AvgIpc) is 2.93. The van der Waals surface area contributed by atoms with E-state index in [9.17, 15) is 4.79 Å². The van der Waals surface area contributed by atoms with Crippen LogP contribution in [0.1, 0.15) is 26.7 Å². The van der Waals surface area contributed by atoms with E-state index in [1.807, 2.05) is 97.1 Å². The summed E-state index contributed by atoms with van der Waals surface area (Å²) in [5, 5.41) is 20.0. The number of benzene rings is 4. The van der Waals surface area contributed by atoms with E-state index in [0.29, 0.717) is 0 Å². The van der Waals surface area contributed by atoms with E-state index in [2.05, 4.69) is 32.7 Å². The lowest BCUT2D eigenvalue weighted by molar-refractivity contribution is -0.114. The number of azo groups is 2. The molecule has 0 radical (unpaired) electrons. The van der Waals surface area contributed by atoms with Crippen LogP contribution in [0.15, 0.2) is 118 Å². The lowest BCUT2D eigenvalue weighted by Crippen LogP contribution is -2.05. The molecule has 4 aromatic rings. The number of nitrogens with one attached hydrogen (secondary N) is 1. The summed E-state index contributed by atoms with van der Waals surface area (Å²) in [6.45, 7) is 4.36. The van der Waals surface area contributed by atoms with Gasteiger partial charge in [-0.25, -0.2) is 0 Å². The van der Waals surface area contributed by atoms with Crippen molar-refractivity contribution in [2.45, 2.75) is 26.7 Å². The predicted molar refractivity (Wildman–Crippen MR) is 148 cm³/mol. The Kier molecular flexibility index (Phi) is 8.86. The van der Waals surface area contributed by atoms with Crippen molar-refractivity contribution in [3.8, 4) is 16.9 Å². The topological polar surface area (TPSA) is 87.8 Å². The number of anilines is 1. The van der Waals surface area contributed by atoms with Gasteiger partial charge in [-0.15, -0.1) is 0 Å². The van der Waals surface area contributed by atoms with E-state index in [0.717, 1.165) is 64.8 Å². The van der Waals surface area contributed by atoms with Crippen molar-refractivity contribution in [2.75, 3.05) is 11.9 Å². The molecule has 0 saturated heterocycles. The highest BCUT2D eigenvalue weighted by atomic mass is 16.5. The normalized spacial score (nSPS) is 11.2. The molecular formula is C30H29N5O2. The van der Waals surface area contributed by atoms with Crippen LogP contribution >= 0.6 is 0 Å². The SMILES string of the molecule is CCCCOc1ccc(/N=N/c2ccc(/N=N/c3ccc(-c4ccc(NC(C)=O)cc4)cc3)cc2)cc1. The summed E-state index contributed by atoms with van der Waals surface area (Å²) in [5.74, 6) is 0.755. The fourth-order valence-corrected chi connectivity index (χ4v) is 3.43. The Morgan fingerprint density at radius 1 is 0.649 bits per heavy atom. The Balaban J connectivity index is 1.31. The summed E-state index contributed by atoms with van der Waals surface area (Å²) in [5.41, 5.74) is 5.86. The largest absolute Gasteiger partial charge is 0.494 e. The first-order valence-electron chi connectivity index (χ1n) is 12.2. The molecule has 0 spiro atoms. The molecule has 7 heteroatoms. The minimum Gasteiger partial charge on any atom is -0.494 e. The van der Waals surface area contributed by atoms with Crippen LogP contribution in [0.3, 0.4) is 0 Å². The molecule has 0 bridgehead atoms. The number of hydrogen-bond acceptors (Lipinski definition) is 6. The number of hydrogen-bond donors (Lipinski definition) is 1. The van der Waals surface area contributed by atoms with Gasteiger partial charge in [0.15, 0.2) is 0 Å². The molecule has 0 unspecified atom stereocenters. The van der Waals surface area contributed by atoms with Gasteiger partial charge in [0.2, 0.25) is 5.91 Å². The van der Waals surface area contributed by atoms with Crippen molar-refractivity contribution in [3.05, 3.63) is 97.1 Å². The average molecular weight is 492 g/mol. The second kappa shape index (κ2) is 12.9. The zero-order valence-electron chi connectivity index (χ0n) is 21.0. The number of carbonyl (C=O) groups excluding carboxylic acids is 1. The second-order valence-corrected chi connectivity index (χ2v) is 8.42. The molecular weight excluding hydrogens is 462 g/mol. The Morgan fingerprint density at radius 2 is 1.05 bits per heavy atom. The maximum absolute atomic E-state index is 11.2. The quantitative estimate of drug-likeness (QED) is 0.177. The molecule has 7 nitrogen and oxygen atoms in total. The zero-order chi connectivity index (χ0) is 25.9. The smallest absolute Gasteiger partial charge is 0.221 e. The standard InChI is InChI=1S/C30H29N5O2/c1-3-4-21-37-30-19-17-29(18-20-30)35-34-28-15-13-27(14-16-28)33-32-26-11-7-24(8-12-26)23-5-9-25(10-6-23)31-22(2)36/h5-20H,3-4,21H2,1-2H3,(H,31,36)/b33-32+,35-34+. The number of unbranched alkanes of at least 4 members (excludes halogenated alkanes) is 1. The van der Waals surface area contributed by atoms with Crippen molar-refractivity contribution in [2.24, 2.45) is 20.5 Å². The molecule has 0 aromatic heterocycles. The highest BCUT2D eigenvalue weighted by Crippen LogP contribution is 2.27. The zero-order valence-corrected chi connectivity index (χ0v) is 21.0. The number of amides is 1. The molecule has 0 aliphatic carbocycles. The first kappa shape index (κ1) is 25.4. The molecule has 1 N–H and O–H groups in total. The van der Waals surface area contributed by atoms with E-state index in [-0.39, 0.29) is 5.91 Å². The summed E-state index contributed by atoms with van der Waals surface area (Å²) in [6, 6.07) is 30.5. The summed E-state index contributed by atoms with van der Waals surface area (Å²) in [6.07, 6.45) is 2.15. The van der Waals surface area contributed by atoms with Gasteiger partial charge in [0.1, 0.15) is 5.75 Å². The van der Waals surface area contributed by atoms with Crippen molar-refractivity contribution in [1.82, 2.24) is 0 Å². The molecule has 0 heterocycles. The molecule has 37 heavy (non-hydrogen) atoms. The summed E-state index contributed by atoms with van der Waals surface area (Å²) in [4.78, 5) is 11.2. The fourth-order valence-electron chi connectivity index (χ4n) is 3.43. The van der Waals surface area contributed by atoms with Crippen LogP contribution in [0, 0.1) is 0 Å². The van der Waals surface area contributed by atoms with Crippen molar-refractivity contribution < 1.29 is 9.53 Å². The molecule has 0 atom stereocenters. The third-order valence-electron chi connectivity index (χ3n) is 5.42. The van der Waals surface area contributed by atoms with Crippen molar-refractivity contribution >= 4 is 34.3 Å². The Labute approximate surface area is 217 Å². The number of rotatable bonds is 10. The van der Waals surface area contributed by atoms with E-state index >= 15 is 0 Å². The fraction of sp³-hybridized carbons (Fsp3) is 0.167. The second-order valence-electron chi connectivity index (χ2n) is 8.42. The maximum Gasteiger partial charge on any atom is 0.221 e. The van der Waals surface area contributed by atoms with Gasteiger partial charge in [0, 0.05) is 12.6 Å². The highest BCUT2D eigenvalue weighted by Gasteiger charge is 2.01. The number of ether oxygens (including phenoxy) is 1. The van der Waals surface area contributed by atoms with Crippen LogP contribution in [0.5, 0.6) is 5.75 Å². The molecule has 0 aliphatic heterocycles. The Morgan fingerprint density at radius 3 is 1.49 bits per heavy atom. The molecule has 0 saturated carbocycles. The first-order chi connectivity index (χ1) is 18.1. The van der Waals surface area contributed by atoms with Crippen LogP contribution in [-0.2, 0) is 4.79 Å². The maximum atomic E-state index is 11.2. The van der Waals surface area contributed by atoms with Gasteiger partial charge in [-0.2, -0.15) is 20.5 Å². The minimum atomic E-state index is -0.0870. The first-order valence-corrected chi connectivity index (χ1v) is 12.2. The van der Waals surface area contributed by atoms with Gasteiger partial charge in [-0.05, 0) is 90.3 Å². The van der Waals surface area contributed by atoms with Crippen LogP contribution in [-0.4, -0.2) is 12.5 Å². The Hall–Kier alpha value is -4.65. The van der Waals surface area contributed by atoms with E-state index in [4.69, 9.17) is 4.74 Å². The summed E-state index contributed by atoms with van der Waals surface area (Å²) in [7, 11) is 0. The van der Waals surface area contributed by atoms with E-state index in [1.54, 1.807) is 0 Å². The monoisotopic (exact) mass is 491 g/mol. The van der Waals surface area contributed by atoms with Gasteiger partial charge in [-0.3, -0.25) is 4.79 Å². The van der Waals surface area contributed by atoms with Crippen molar-refractivity contribution in [3.63, 3.8) is 0 Å². The summed E-state index contributed by atoms with van der Waals surface area (Å²) < 4.78 is 5.67. The molecule has 0 fully saturated rings. The highest BCUT2D eigenvalue weighted by molar-refractivity contribution is 5.89. The third-order valence-corrected chi connectivity index (χ3v) is 5.42. The lowest BCUT2D eigenvalue weighted by atomic mass is 10.1. The van der Waals surface area contributed by atoms with E-state index < -0.39 is 0 Å². The molecule has 186 valence electrons. The molecule has 4 rings (SSSR count). The van der Waals surface area contributed by atoms with Gasteiger partial charge >= 0.3 is 0 Å². The van der Waals surface area contributed by atoms with Crippen LogP contribution < -0.4 is 10.1 Å². The third kappa shape index (κ3) is 7.93. The van der Waals surface area contributed by atoms with Crippen LogP contribution in [0.25, 0.3) is 11.1 Å². The molecule has 4 aromatic carbocycles. The number of carbonyl (C=O) groups is 1. The van der Waals surface area contributed by atoms with Gasteiger partial charge < -0.3 is 10.1 Å². The van der Waals surface area contributed by atoms with Gasteiger partial charge in [-0.1, -0.05) is 37.6 Å².